The number of hydrogen-bond acceptors (Lipinski definition) is 8. The van der Waals surface area contributed by atoms with Gasteiger partial charge in [0.15, 0.2) is 6.61 Å². The van der Waals surface area contributed by atoms with Crippen LogP contribution in [0.2, 0.25) is 0 Å². The van der Waals surface area contributed by atoms with Crippen molar-refractivity contribution < 1.29 is 32.6 Å². The van der Waals surface area contributed by atoms with Gasteiger partial charge < -0.3 is 19.9 Å². The van der Waals surface area contributed by atoms with Crippen LogP contribution in [0.3, 0.4) is 0 Å². The lowest BCUT2D eigenvalue weighted by atomic mass is 10.0. The summed E-state index contributed by atoms with van der Waals surface area (Å²) in [5.74, 6) is -0.281. The summed E-state index contributed by atoms with van der Waals surface area (Å²) < 4.78 is 41.7. The Balaban J connectivity index is 1.53. The normalized spacial score (nSPS) is 12.9. The molecule has 0 saturated heterocycles. The molecule has 0 aliphatic rings. The van der Waals surface area contributed by atoms with E-state index >= 15 is 0 Å². The van der Waals surface area contributed by atoms with Crippen molar-refractivity contribution in [2.45, 2.75) is 64.6 Å². The molecular formula is C37H46N4O7S. The molecule has 2 N–H and O–H groups in total. The monoisotopic (exact) mass is 690 g/mol. The maximum atomic E-state index is 14.0. The lowest BCUT2D eigenvalue weighted by molar-refractivity contribution is -0.144. The van der Waals surface area contributed by atoms with Gasteiger partial charge in [-0.15, -0.1) is 0 Å². The van der Waals surface area contributed by atoms with Crippen molar-refractivity contribution >= 4 is 21.9 Å². The third kappa shape index (κ3) is 10.2. The Bertz CT molecular complexity index is 1770. The standard InChI is InChI=1S/C37H46N4O7S/c1-6-47-36(44)24-41-33(19-20-38-41)30-15-17-31(18-16-30)49(45,46)40(22-26(2)3)23-34(42)32(21-29-13-8-7-9-14-29)39-35(43)25-48-37-27(4)11-10-12-28(37)5/h7-20,26,32,34,42H,6,21-25H2,1-5H3,(H,39,43)/t32-,34+/m0/s1. The molecule has 3 aromatic carbocycles. The van der Waals surface area contributed by atoms with E-state index in [1.165, 1.54) is 21.1 Å². The predicted molar refractivity (Wildman–Crippen MR) is 187 cm³/mol. The summed E-state index contributed by atoms with van der Waals surface area (Å²) in [5, 5.41) is 18.7. The van der Waals surface area contributed by atoms with E-state index in [-0.39, 0.29) is 50.1 Å². The molecule has 1 amide bonds. The zero-order valence-corrected chi connectivity index (χ0v) is 29.5. The highest BCUT2D eigenvalue weighted by molar-refractivity contribution is 7.89. The maximum Gasteiger partial charge on any atom is 0.327 e. The van der Waals surface area contributed by atoms with E-state index in [1.807, 2.05) is 76.2 Å². The van der Waals surface area contributed by atoms with E-state index in [1.54, 1.807) is 31.3 Å². The second kappa shape index (κ2) is 17.2. The molecule has 1 heterocycles. The zero-order chi connectivity index (χ0) is 35.6. The van der Waals surface area contributed by atoms with Gasteiger partial charge in [-0.3, -0.25) is 14.3 Å². The van der Waals surface area contributed by atoms with Gasteiger partial charge in [-0.2, -0.15) is 9.40 Å². The first-order chi connectivity index (χ1) is 23.4. The molecule has 4 rings (SSSR count). The minimum absolute atomic E-state index is 0.0474. The average molecular weight is 691 g/mol. The third-order valence-corrected chi connectivity index (χ3v) is 9.76. The number of nitrogens with zero attached hydrogens (tertiary/aromatic N) is 3. The smallest absolute Gasteiger partial charge is 0.327 e. The third-order valence-electron chi connectivity index (χ3n) is 7.91. The number of benzene rings is 3. The fourth-order valence-corrected chi connectivity index (χ4v) is 7.18. The van der Waals surface area contributed by atoms with Crippen molar-refractivity contribution in [3.8, 4) is 17.0 Å². The van der Waals surface area contributed by atoms with E-state index in [4.69, 9.17) is 9.47 Å². The highest BCUT2D eigenvalue weighted by atomic mass is 32.2. The number of rotatable bonds is 17. The number of aromatic nitrogens is 2. The number of para-hydroxylation sites is 1. The predicted octanol–water partition coefficient (Wildman–Crippen LogP) is 4.54. The molecule has 2 atom stereocenters. The number of amides is 1. The lowest BCUT2D eigenvalue weighted by Crippen LogP contribution is -2.52. The number of ether oxygens (including phenoxy) is 2. The van der Waals surface area contributed by atoms with Gasteiger partial charge in [0.25, 0.3) is 5.91 Å². The largest absolute Gasteiger partial charge is 0.483 e. The zero-order valence-electron chi connectivity index (χ0n) is 28.7. The summed E-state index contributed by atoms with van der Waals surface area (Å²) in [6.45, 7) is 9.16. The topological polar surface area (TPSA) is 140 Å². The summed E-state index contributed by atoms with van der Waals surface area (Å²) in [6.07, 6.45) is 0.598. The first-order valence-corrected chi connectivity index (χ1v) is 17.8. The number of aliphatic hydroxyl groups excluding tert-OH is 1. The minimum Gasteiger partial charge on any atom is -0.483 e. The molecular weight excluding hydrogens is 644 g/mol. The van der Waals surface area contributed by atoms with Gasteiger partial charge >= 0.3 is 5.97 Å². The van der Waals surface area contributed by atoms with Crippen molar-refractivity contribution in [1.29, 1.82) is 0 Å². The van der Waals surface area contributed by atoms with Crippen molar-refractivity contribution in [2.24, 2.45) is 5.92 Å². The van der Waals surface area contributed by atoms with E-state index in [2.05, 4.69) is 10.4 Å². The number of sulfonamides is 1. The van der Waals surface area contributed by atoms with Crippen LogP contribution in [0.5, 0.6) is 5.75 Å². The summed E-state index contributed by atoms with van der Waals surface area (Å²) >= 11 is 0. The van der Waals surface area contributed by atoms with Gasteiger partial charge in [-0.05, 0) is 73.6 Å². The van der Waals surface area contributed by atoms with Crippen molar-refractivity contribution in [3.05, 3.63) is 102 Å². The number of esters is 1. The molecule has 0 unspecified atom stereocenters. The number of nitrogens with one attached hydrogen (secondary N) is 1. The molecule has 12 heteroatoms. The van der Waals surface area contributed by atoms with Crippen molar-refractivity contribution in [1.82, 2.24) is 19.4 Å². The van der Waals surface area contributed by atoms with Crippen LogP contribution in [0.4, 0.5) is 0 Å². The Labute approximate surface area is 288 Å². The Morgan fingerprint density at radius 1 is 0.939 bits per heavy atom. The summed E-state index contributed by atoms with van der Waals surface area (Å²) in [5.41, 5.74) is 3.98. The van der Waals surface area contributed by atoms with Gasteiger partial charge in [-0.1, -0.05) is 74.5 Å². The van der Waals surface area contributed by atoms with Crippen molar-refractivity contribution in [2.75, 3.05) is 26.3 Å². The van der Waals surface area contributed by atoms with Gasteiger partial charge in [0, 0.05) is 19.3 Å². The van der Waals surface area contributed by atoms with Gasteiger partial charge in [0.05, 0.1) is 29.3 Å². The van der Waals surface area contributed by atoms with Crippen LogP contribution in [0, 0.1) is 19.8 Å². The van der Waals surface area contributed by atoms with Crippen LogP contribution in [0.15, 0.2) is 90.0 Å². The van der Waals surface area contributed by atoms with Gasteiger partial charge in [-0.25, -0.2) is 8.42 Å². The first kappa shape index (κ1) is 37.3. The lowest BCUT2D eigenvalue weighted by Gasteiger charge is -2.31. The molecule has 0 spiro atoms. The van der Waals surface area contributed by atoms with Crippen LogP contribution in [0.25, 0.3) is 11.3 Å². The number of hydrogen-bond donors (Lipinski definition) is 2. The Hall–Kier alpha value is -4.52. The number of carbonyl (C=O) groups excluding carboxylic acids is 2. The van der Waals surface area contributed by atoms with Crippen LogP contribution in [0.1, 0.15) is 37.5 Å². The molecule has 11 nitrogen and oxygen atoms in total. The minimum atomic E-state index is -4.06. The average Bonchev–Trinajstić information content (AvgIpc) is 3.52. The quantitative estimate of drug-likeness (QED) is 0.154. The van der Waals surface area contributed by atoms with E-state index in [0.29, 0.717) is 17.0 Å². The molecule has 0 radical (unpaired) electrons. The molecule has 0 aliphatic heterocycles. The summed E-state index contributed by atoms with van der Waals surface area (Å²) in [4.78, 5) is 25.2. The first-order valence-electron chi connectivity index (χ1n) is 16.4. The second-order valence-electron chi connectivity index (χ2n) is 12.4. The van der Waals surface area contributed by atoms with Gasteiger partial charge in [0.2, 0.25) is 10.0 Å². The van der Waals surface area contributed by atoms with Crippen LogP contribution >= 0.6 is 0 Å². The molecule has 1 aromatic heterocycles. The Morgan fingerprint density at radius 2 is 1.61 bits per heavy atom. The molecule has 0 bridgehead atoms. The maximum absolute atomic E-state index is 14.0. The molecule has 4 aromatic rings. The number of aliphatic hydroxyl groups is 1. The molecule has 0 aliphatic carbocycles. The van der Waals surface area contributed by atoms with E-state index in [9.17, 15) is 23.1 Å². The Kier molecular flexibility index (Phi) is 13.1. The molecule has 0 saturated carbocycles. The highest BCUT2D eigenvalue weighted by Gasteiger charge is 2.31. The van der Waals surface area contributed by atoms with Gasteiger partial charge in [0.1, 0.15) is 12.3 Å². The number of carbonyl (C=O) groups is 2. The van der Waals surface area contributed by atoms with E-state index in [0.717, 1.165) is 16.7 Å². The summed E-state index contributed by atoms with van der Waals surface area (Å²) in [6, 6.07) is 22.4. The second-order valence-corrected chi connectivity index (χ2v) is 14.3. The molecule has 49 heavy (non-hydrogen) atoms. The van der Waals surface area contributed by atoms with Crippen LogP contribution in [-0.4, -0.2) is 77.9 Å². The number of aryl methyl sites for hydroxylation is 2. The summed E-state index contributed by atoms with van der Waals surface area (Å²) in [7, 11) is -4.06. The molecule has 262 valence electrons. The van der Waals surface area contributed by atoms with Crippen LogP contribution < -0.4 is 10.1 Å². The van der Waals surface area contributed by atoms with E-state index < -0.39 is 34.0 Å². The van der Waals surface area contributed by atoms with Crippen molar-refractivity contribution in [3.63, 3.8) is 0 Å². The molecule has 0 fully saturated rings. The highest BCUT2D eigenvalue weighted by Crippen LogP contribution is 2.25. The Morgan fingerprint density at radius 3 is 2.24 bits per heavy atom. The van der Waals surface area contributed by atoms with Crippen LogP contribution in [-0.2, 0) is 37.3 Å². The fraction of sp³-hybridized carbons (Fsp3) is 0.378. The SMILES string of the molecule is CCOC(=O)Cn1nccc1-c1ccc(S(=O)(=O)N(CC(C)C)C[C@@H](O)[C@H](Cc2ccccc2)NC(=O)COc2c(C)cccc2C)cc1. The fourth-order valence-electron chi connectivity index (χ4n) is 5.56.